The molecule has 0 bridgehead atoms. The third-order valence-electron chi connectivity index (χ3n) is 8.56. The molecule has 0 N–H and O–H groups in total. The van der Waals surface area contributed by atoms with E-state index in [1.54, 1.807) is 0 Å². The van der Waals surface area contributed by atoms with Crippen LogP contribution in [0.4, 0.5) is 0 Å². The Balaban J connectivity index is 1.23. The lowest BCUT2D eigenvalue weighted by Crippen LogP contribution is -2.01. The van der Waals surface area contributed by atoms with E-state index in [0.717, 1.165) is 60.5 Å². The van der Waals surface area contributed by atoms with Crippen LogP contribution < -0.4 is 0 Å². The number of para-hydroxylation sites is 1. The highest BCUT2D eigenvalue weighted by Crippen LogP contribution is 2.37. The van der Waals surface area contributed by atoms with Gasteiger partial charge in [-0.1, -0.05) is 121 Å². The van der Waals surface area contributed by atoms with Gasteiger partial charge in [0.1, 0.15) is 16.9 Å². The molecule has 0 unspecified atom stereocenters. The van der Waals surface area contributed by atoms with Gasteiger partial charge in [0.15, 0.2) is 17.5 Å². The number of benzene rings is 6. The van der Waals surface area contributed by atoms with Crippen LogP contribution in [0.15, 0.2) is 162 Å². The van der Waals surface area contributed by atoms with Gasteiger partial charge in [-0.15, -0.1) is 0 Å². The van der Waals surface area contributed by atoms with Gasteiger partial charge in [0.05, 0.1) is 0 Å². The fourth-order valence-corrected chi connectivity index (χ4v) is 6.24. The second kappa shape index (κ2) is 11.2. The Morgan fingerprint density at radius 3 is 1.87 bits per heavy atom. The van der Waals surface area contributed by atoms with Crippen LogP contribution in [0, 0.1) is 0 Å². The highest BCUT2D eigenvalue weighted by atomic mass is 16.3. The van der Waals surface area contributed by atoms with Gasteiger partial charge in [-0.3, -0.25) is 4.98 Å². The number of nitrogens with zero attached hydrogens (tertiary/aromatic N) is 4. The molecule has 5 nitrogen and oxygen atoms in total. The van der Waals surface area contributed by atoms with Crippen molar-refractivity contribution < 1.29 is 4.42 Å². The first-order chi connectivity index (χ1) is 23.3. The van der Waals surface area contributed by atoms with Crippen LogP contribution in [0.5, 0.6) is 0 Å². The van der Waals surface area contributed by atoms with Gasteiger partial charge >= 0.3 is 0 Å². The second-order valence-corrected chi connectivity index (χ2v) is 11.5. The monoisotopic (exact) mass is 602 g/mol. The SMILES string of the molecule is c1ccc(-c2cccc(-c3nc(-c4cc5ccc(-c6ccccc6)cc5cn4)nc(-c4cccc5oc6ccccc6c45)n3)c2)cc1. The molecular weight excluding hydrogens is 576 g/mol. The van der Waals surface area contributed by atoms with Gasteiger partial charge in [-0.2, -0.15) is 0 Å². The van der Waals surface area contributed by atoms with E-state index in [0.29, 0.717) is 23.2 Å². The zero-order chi connectivity index (χ0) is 31.2. The summed E-state index contributed by atoms with van der Waals surface area (Å²) in [6, 6.07) is 51.6. The van der Waals surface area contributed by atoms with Crippen LogP contribution in [0.3, 0.4) is 0 Å². The molecule has 0 aliphatic rings. The van der Waals surface area contributed by atoms with Crippen LogP contribution in [0.25, 0.3) is 89.3 Å². The number of hydrogen-bond donors (Lipinski definition) is 0. The normalized spacial score (nSPS) is 11.4. The lowest BCUT2D eigenvalue weighted by Gasteiger charge is -2.11. The van der Waals surface area contributed by atoms with Crippen LogP contribution in [-0.2, 0) is 0 Å². The predicted molar refractivity (Wildman–Crippen MR) is 190 cm³/mol. The molecule has 0 spiro atoms. The summed E-state index contributed by atoms with van der Waals surface area (Å²) in [6.07, 6.45) is 1.90. The molecule has 220 valence electrons. The minimum atomic E-state index is 0.508. The number of rotatable bonds is 5. The third-order valence-corrected chi connectivity index (χ3v) is 8.56. The molecule has 3 heterocycles. The third kappa shape index (κ3) is 4.91. The van der Waals surface area contributed by atoms with Crippen LogP contribution in [0.1, 0.15) is 0 Å². The highest BCUT2D eigenvalue weighted by Gasteiger charge is 2.18. The van der Waals surface area contributed by atoms with E-state index in [4.69, 9.17) is 24.4 Å². The van der Waals surface area contributed by atoms with E-state index < -0.39 is 0 Å². The lowest BCUT2D eigenvalue weighted by molar-refractivity contribution is 0.669. The minimum absolute atomic E-state index is 0.508. The van der Waals surface area contributed by atoms with Crippen molar-refractivity contribution in [1.82, 2.24) is 19.9 Å². The second-order valence-electron chi connectivity index (χ2n) is 11.5. The number of hydrogen-bond acceptors (Lipinski definition) is 5. The molecule has 0 saturated heterocycles. The van der Waals surface area contributed by atoms with Gasteiger partial charge in [0, 0.05) is 33.5 Å². The van der Waals surface area contributed by atoms with Gasteiger partial charge < -0.3 is 4.42 Å². The first-order valence-corrected chi connectivity index (χ1v) is 15.5. The largest absolute Gasteiger partial charge is 0.456 e. The Morgan fingerprint density at radius 2 is 1.04 bits per heavy atom. The molecule has 3 aromatic heterocycles. The van der Waals surface area contributed by atoms with Crippen molar-refractivity contribution in [1.29, 1.82) is 0 Å². The Labute approximate surface area is 270 Å². The van der Waals surface area contributed by atoms with Gasteiger partial charge in [-0.25, -0.2) is 15.0 Å². The first kappa shape index (κ1) is 26.9. The molecule has 0 fully saturated rings. The van der Waals surface area contributed by atoms with Crippen LogP contribution >= 0.6 is 0 Å². The Morgan fingerprint density at radius 1 is 0.404 bits per heavy atom. The van der Waals surface area contributed by atoms with Crippen molar-refractivity contribution in [3.8, 4) is 56.5 Å². The summed E-state index contributed by atoms with van der Waals surface area (Å²) in [7, 11) is 0. The first-order valence-electron chi connectivity index (χ1n) is 15.5. The number of pyridine rings is 1. The van der Waals surface area contributed by atoms with Crippen LogP contribution in [-0.4, -0.2) is 19.9 Å². The molecule has 9 aromatic rings. The Kier molecular flexibility index (Phi) is 6.39. The van der Waals surface area contributed by atoms with E-state index in [9.17, 15) is 0 Å². The summed E-state index contributed by atoms with van der Waals surface area (Å²) >= 11 is 0. The van der Waals surface area contributed by atoms with Gasteiger partial charge in [0.25, 0.3) is 0 Å². The van der Waals surface area contributed by atoms with Crippen molar-refractivity contribution in [2.45, 2.75) is 0 Å². The maximum absolute atomic E-state index is 6.22. The topological polar surface area (TPSA) is 64.7 Å². The molecule has 5 heteroatoms. The maximum atomic E-state index is 6.22. The predicted octanol–water partition coefficient (Wildman–Crippen LogP) is 10.7. The fourth-order valence-electron chi connectivity index (χ4n) is 6.24. The molecule has 0 aliphatic heterocycles. The van der Waals surface area contributed by atoms with E-state index in [2.05, 4.69) is 78.9 Å². The molecule has 6 aromatic carbocycles. The summed E-state index contributed by atoms with van der Waals surface area (Å²) in [5.74, 6) is 1.65. The molecule has 0 atom stereocenters. The van der Waals surface area contributed by atoms with Crippen LogP contribution in [0.2, 0.25) is 0 Å². The number of aromatic nitrogens is 4. The molecule has 0 amide bonds. The molecule has 0 aliphatic carbocycles. The Hall–Kier alpha value is -6.46. The van der Waals surface area contributed by atoms with Crippen molar-refractivity contribution >= 4 is 32.7 Å². The summed E-state index contributed by atoms with van der Waals surface area (Å²) in [5.41, 5.74) is 8.61. The standard InChI is InChI=1S/C42H26N4O/c1-3-11-27(12-4-1)29-15-9-16-32(23-29)40-44-41(35-18-10-20-38-39(35)34-17-7-8-19-37(34)47-38)46-42(45-40)36-25-31-22-21-30(24-33(31)26-43-36)28-13-5-2-6-14-28/h1-26H. The number of fused-ring (bicyclic) bond motifs is 4. The quantitative estimate of drug-likeness (QED) is 0.196. The van der Waals surface area contributed by atoms with Gasteiger partial charge in [-0.05, 0) is 58.0 Å². The number of furan rings is 1. The van der Waals surface area contributed by atoms with Crippen molar-refractivity contribution in [2.24, 2.45) is 0 Å². The zero-order valence-corrected chi connectivity index (χ0v) is 25.2. The average Bonchev–Trinajstić information content (AvgIpc) is 3.54. The molecule has 0 saturated carbocycles. The summed E-state index contributed by atoms with van der Waals surface area (Å²) in [6.45, 7) is 0. The zero-order valence-electron chi connectivity index (χ0n) is 25.2. The summed E-state index contributed by atoms with van der Waals surface area (Å²) in [5, 5.41) is 4.11. The minimum Gasteiger partial charge on any atom is -0.456 e. The van der Waals surface area contributed by atoms with E-state index in [1.165, 1.54) is 5.56 Å². The summed E-state index contributed by atoms with van der Waals surface area (Å²) in [4.78, 5) is 20.1. The van der Waals surface area contributed by atoms with E-state index >= 15 is 0 Å². The smallest absolute Gasteiger partial charge is 0.182 e. The molecule has 47 heavy (non-hydrogen) atoms. The highest BCUT2D eigenvalue weighted by molar-refractivity contribution is 6.11. The Bertz CT molecular complexity index is 2580. The summed E-state index contributed by atoms with van der Waals surface area (Å²) < 4.78 is 6.22. The average molecular weight is 603 g/mol. The van der Waals surface area contributed by atoms with Gasteiger partial charge in [0.2, 0.25) is 0 Å². The molecular formula is C42H26N4O. The molecule has 0 radical (unpaired) electrons. The van der Waals surface area contributed by atoms with E-state index in [-0.39, 0.29) is 0 Å². The van der Waals surface area contributed by atoms with Crippen molar-refractivity contribution in [2.75, 3.05) is 0 Å². The van der Waals surface area contributed by atoms with Crippen molar-refractivity contribution in [3.63, 3.8) is 0 Å². The van der Waals surface area contributed by atoms with E-state index in [1.807, 2.05) is 79.0 Å². The van der Waals surface area contributed by atoms with Crippen molar-refractivity contribution in [3.05, 3.63) is 158 Å². The molecule has 9 rings (SSSR count). The maximum Gasteiger partial charge on any atom is 0.182 e. The fraction of sp³-hybridized carbons (Fsp3) is 0. The lowest BCUT2D eigenvalue weighted by atomic mass is 10.0.